The van der Waals surface area contributed by atoms with Gasteiger partial charge in [-0.05, 0) is 36.8 Å². The molecule has 0 atom stereocenters. The number of morpholine rings is 1. The fraction of sp³-hybridized carbons (Fsp3) is 0.294. The molecule has 6 heteroatoms. The zero-order valence-electron chi connectivity index (χ0n) is 12.9. The molecule has 1 aliphatic rings. The Kier molecular flexibility index (Phi) is 4.52. The largest absolute Gasteiger partial charge is 0.378 e. The zero-order valence-corrected chi connectivity index (χ0v) is 12.9. The molecule has 1 saturated heterocycles. The van der Waals surface area contributed by atoms with Crippen molar-refractivity contribution >= 4 is 17.4 Å². The number of amides is 1. The minimum atomic E-state index is -0.391. The fourth-order valence-corrected chi connectivity index (χ4v) is 2.45. The molecule has 1 N–H and O–H groups in total. The minimum Gasteiger partial charge on any atom is -0.378 e. The maximum atomic E-state index is 13.6. The van der Waals surface area contributed by atoms with E-state index in [1.165, 1.54) is 6.07 Å². The van der Waals surface area contributed by atoms with E-state index in [-0.39, 0.29) is 11.5 Å². The first-order valence-corrected chi connectivity index (χ1v) is 7.50. The Morgan fingerprint density at radius 1 is 1.30 bits per heavy atom. The van der Waals surface area contributed by atoms with Crippen LogP contribution in [0, 0.1) is 12.7 Å². The first-order chi connectivity index (χ1) is 11.1. The van der Waals surface area contributed by atoms with Gasteiger partial charge in [-0.1, -0.05) is 6.07 Å². The standard InChI is InChI=1S/C17H18FN3O2/c1-12-4-5-13(11-14(12)18)17(22)20-15-3-2-6-19-16(15)21-7-9-23-10-8-21/h2-6,11H,7-10H2,1H3,(H,20,22). The van der Waals surface area contributed by atoms with Crippen molar-refractivity contribution in [2.75, 3.05) is 36.5 Å². The highest BCUT2D eigenvalue weighted by molar-refractivity contribution is 6.05. The van der Waals surface area contributed by atoms with E-state index in [9.17, 15) is 9.18 Å². The fourth-order valence-electron chi connectivity index (χ4n) is 2.45. The summed E-state index contributed by atoms with van der Waals surface area (Å²) in [6.45, 7) is 4.37. The number of aryl methyl sites for hydroxylation is 1. The molecule has 1 aromatic heterocycles. The highest BCUT2D eigenvalue weighted by atomic mass is 19.1. The Bertz CT molecular complexity index is 715. The number of carbonyl (C=O) groups excluding carboxylic acids is 1. The average Bonchev–Trinajstić information content (AvgIpc) is 2.58. The van der Waals surface area contributed by atoms with E-state index >= 15 is 0 Å². The summed E-state index contributed by atoms with van der Waals surface area (Å²) in [5, 5.41) is 2.82. The number of carbonyl (C=O) groups is 1. The lowest BCUT2D eigenvalue weighted by Crippen LogP contribution is -2.37. The van der Waals surface area contributed by atoms with E-state index in [4.69, 9.17) is 4.74 Å². The van der Waals surface area contributed by atoms with Crippen molar-refractivity contribution in [1.82, 2.24) is 4.98 Å². The molecular formula is C17H18FN3O2. The second kappa shape index (κ2) is 6.75. The van der Waals surface area contributed by atoms with Crippen LogP contribution in [0.25, 0.3) is 0 Å². The molecule has 0 bridgehead atoms. The second-order valence-electron chi connectivity index (χ2n) is 5.39. The van der Waals surface area contributed by atoms with Crippen LogP contribution in [0.5, 0.6) is 0 Å². The molecule has 5 nitrogen and oxygen atoms in total. The Labute approximate surface area is 134 Å². The molecule has 1 fully saturated rings. The normalized spacial score (nSPS) is 14.6. The maximum absolute atomic E-state index is 13.6. The van der Waals surface area contributed by atoms with Gasteiger partial charge < -0.3 is 15.0 Å². The Morgan fingerprint density at radius 3 is 2.83 bits per heavy atom. The summed E-state index contributed by atoms with van der Waals surface area (Å²) in [6.07, 6.45) is 1.69. The number of halogens is 1. The van der Waals surface area contributed by atoms with Gasteiger partial charge >= 0.3 is 0 Å². The third kappa shape index (κ3) is 3.48. The summed E-state index contributed by atoms with van der Waals surface area (Å²) >= 11 is 0. The number of anilines is 2. The molecule has 1 aliphatic heterocycles. The van der Waals surface area contributed by atoms with E-state index in [1.54, 1.807) is 37.4 Å². The van der Waals surface area contributed by atoms with Gasteiger partial charge in [0.25, 0.3) is 5.91 Å². The number of rotatable bonds is 3. The second-order valence-corrected chi connectivity index (χ2v) is 5.39. The molecule has 0 spiro atoms. The summed E-state index contributed by atoms with van der Waals surface area (Å²) in [6, 6.07) is 8.00. The number of pyridine rings is 1. The molecule has 120 valence electrons. The summed E-state index contributed by atoms with van der Waals surface area (Å²) < 4.78 is 19.0. The molecule has 23 heavy (non-hydrogen) atoms. The quantitative estimate of drug-likeness (QED) is 0.946. The number of aromatic nitrogens is 1. The van der Waals surface area contributed by atoms with Crippen LogP contribution in [-0.4, -0.2) is 37.2 Å². The number of hydrogen-bond donors (Lipinski definition) is 1. The van der Waals surface area contributed by atoms with Crippen molar-refractivity contribution < 1.29 is 13.9 Å². The van der Waals surface area contributed by atoms with Gasteiger partial charge in [0.15, 0.2) is 5.82 Å². The highest BCUT2D eigenvalue weighted by Crippen LogP contribution is 2.24. The Morgan fingerprint density at radius 2 is 2.09 bits per heavy atom. The number of hydrogen-bond acceptors (Lipinski definition) is 4. The van der Waals surface area contributed by atoms with Gasteiger partial charge in [-0.25, -0.2) is 9.37 Å². The smallest absolute Gasteiger partial charge is 0.255 e. The molecule has 0 aliphatic carbocycles. The average molecular weight is 315 g/mol. The Hall–Kier alpha value is -2.47. The van der Waals surface area contributed by atoms with Crippen LogP contribution in [-0.2, 0) is 4.74 Å². The van der Waals surface area contributed by atoms with Crippen LogP contribution in [0.15, 0.2) is 36.5 Å². The first kappa shape index (κ1) is 15.4. The molecular weight excluding hydrogens is 297 g/mol. The summed E-state index contributed by atoms with van der Waals surface area (Å²) in [5.41, 5.74) is 1.40. The van der Waals surface area contributed by atoms with E-state index < -0.39 is 5.82 Å². The van der Waals surface area contributed by atoms with Gasteiger partial charge in [-0.3, -0.25) is 4.79 Å². The van der Waals surface area contributed by atoms with Gasteiger partial charge in [-0.15, -0.1) is 0 Å². The summed E-state index contributed by atoms with van der Waals surface area (Å²) in [7, 11) is 0. The van der Waals surface area contributed by atoms with Crippen LogP contribution in [0.3, 0.4) is 0 Å². The van der Waals surface area contributed by atoms with Crippen molar-refractivity contribution in [2.24, 2.45) is 0 Å². The molecule has 1 amide bonds. The molecule has 3 rings (SSSR count). The van der Waals surface area contributed by atoms with Crippen molar-refractivity contribution in [2.45, 2.75) is 6.92 Å². The Balaban J connectivity index is 1.82. The van der Waals surface area contributed by atoms with E-state index in [0.29, 0.717) is 30.3 Å². The lowest BCUT2D eigenvalue weighted by Gasteiger charge is -2.29. The topological polar surface area (TPSA) is 54.5 Å². The molecule has 1 aromatic carbocycles. The lowest BCUT2D eigenvalue weighted by molar-refractivity contribution is 0.102. The SMILES string of the molecule is Cc1ccc(C(=O)Nc2cccnc2N2CCOCC2)cc1F. The third-order valence-electron chi connectivity index (χ3n) is 3.78. The predicted molar refractivity (Wildman–Crippen MR) is 86.4 cm³/mol. The number of nitrogens with one attached hydrogen (secondary N) is 1. The van der Waals surface area contributed by atoms with E-state index in [0.717, 1.165) is 13.1 Å². The number of nitrogens with zero attached hydrogens (tertiary/aromatic N) is 2. The third-order valence-corrected chi connectivity index (χ3v) is 3.78. The van der Waals surface area contributed by atoms with Crippen molar-refractivity contribution in [3.8, 4) is 0 Å². The molecule has 0 radical (unpaired) electrons. The van der Waals surface area contributed by atoms with Crippen molar-refractivity contribution in [3.05, 3.63) is 53.5 Å². The maximum Gasteiger partial charge on any atom is 0.255 e. The van der Waals surface area contributed by atoms with Crippen molar-refractivity contribution in [3.63, 3.8) is 0 Å². The molecule has 0 unspecified atom stereocenters. The van der Waals surface area contributed by atoms with Crippen LogP contribution in [0.2, 0.25) is 0 Å². The first-order valence-electron chi connectivity index (χ1n) is 7.50. The number of ether oxygens (including phenoxy) is 1. The molecule has 2 heterocycles. The van der Waals surface area contributed by atoms with E-state index in [2.05, 4.69) is 15.2 Å². The van der Waals surface area contributed by atoms with Crippen LogP contribution >= 0.6 is 0 Å². The summed E-state index contributed by atoms with van der Waals surface area (Å²) in [4.78, 5) is 18.8. The molecule has 0 saturated carbocycles. The zero-order chi connectivity index (χ0) is 16.2. The van der Waals surface area contributed by atoms with Crippen LogP contribution in [0.4, 0.5) is 15.9 Å². The molecule has 2 aromatic rings. The van der Waals surface area contributed by atoms with Gasteiger partial charge in [-0.2, -0.15) is 0 Å². The van der Waals surface area contributed by atoms with Gasteiger partial charge in [0.1, 0.15) is 5.82 Å². The minimum absolute atomic E-state index is 0.282. The van der Waals surface area contributed by atoms with Gasteiger partial charge in [0.2, 0.25) is 0 Å². The monoisotopic (exact) mass is 315 g/mol. The van der Waals surface area contributed by atoms with Gasteiger partial charge in [0, 0.05) is 24.8 Å². The van der Waals surface area contributed by atoms with E-state index in [1.807, 2.05) is 0 Å². The highest BCUT2D eigenvalue weighted by Gasteiger charge is 2.18. The van der Waals surface area contributed by atoms with Gasteiger partial charge in [0.05, 0.1) is 18.9 Å². The lowest BCUT2D eigenvalue weighted by atomic mass is 10.1. The number of benzene rings is 1. The predicted octanol–water partition coefficient (Wildman–Crippen LogP) is 2.62. The summed E-state index contributed by atoms with van der Waals surface area (Å²) in [5.74, 6) is -0.0413. The van der Waals surface area contributed by atoms with Crippen LogP contribution in [0.1, 0.15) is 15.9 Å². The van der Waals surface area contributed by atoms with Crippen molar-refractivity contribution in [1.29, 1.82) is 0 Å². The van der Waals surface area contributed by atoms with Crippen LogP contribution < -0.4 is 10.2 Å².